The fraction of sp³-hybridized carbons (Fsp3) is 0.348. The first-order chi connectivity index (χ1) is 14.2. The first-order valence-corrected chi connectivity index (χ1v) is 11.5. The Morgan fingerprint density at radius 1 is 1.27 bits per heavy atom. The van der Waals surface area contributed by atoms with Gasteiger partial charge in [0.1, 0.15) is 5.75 Å². The van der Waals surface area contributed by atoms with Gasteiger partial charge in [-0.2, -0.15) is 0 Å². The molecule has 1 heterocycles. The van der Waals surface area contributed by atoms with E-state index in [4.69, 9.17) is 4.74 Å². The number of thioether (sulfide) groups is 1. The lowest BCUT2D eigenvalue weighted by Gasteiger charge is -2.14. The summed E-state index contributed by atoms with van der Waals surface area (Å²) in [5.41, 5.74) is 5.00. The number of carbonyl (C=O) groups is 1. The first kappa shape index (κ1) is 22.7. The van der Waals surface area contributed by atoms with Crippen LogP contribution in [0.5, 0.6) is 5.75 Å². The SMILES string of the molecule is CCOC(=O)c1ccc(SCc2c(C)c3c(CN(C)C)c(O)c(Br)cc3n2C)cc1. The molecule has 3 rings (SSSR count). The molecule has 3 aromatic rings. The van der Waals surface area contributed by atoms with Crippen molar-refractivity contribution in [3.05, 3.63) is 57.2 Å². The van der Waals surface area contributed by atoms with Crippen LogP contribution in [-0.4, -0.2) is 41.2 Å². The van der Waals surface area contributed by atoms with Gasteiger partial charge in [-0.05, 0) is 79.8 Å². The largest absolute Gasteiger partial charge is 0.506 e. The molecule has 5 nitrogen and oxygen atoms in total. The molecule has 1 aromatic heterocycles. The number of hydrogen-bond donors (Lipinski definition) is 1. The monoisotopic (exact) mass is 490 g/mol. The van der Waals surface area contributed by atoms with Gasteiger partial charge in [0.2, 0.25) is 0 Å². The van der Waals surface area contributed by atoms with Gasteiger partial charge in [0.15, 0.2) is 0 Å². The Balaban J connectivity index is 1.91. The van der Waals surface area contributed by atoms with E-state index in [-0.39, 0.29) is 5.97 Å². The Hall–Kier alpha value is -1.96. The zero-order valence-corrected chi connectivity index (χ0v) is 20.4. The number of rotatable bonds is 7. The molecular weight excluding hydrogens is 464 g/mol. The Bertz CT molecular complexity index is 1070. The van der Waals surface area contributed by atoms with Crippen molar-refractivity contribution < 1.29 is 14.6 Å². The highest BCUT2D eigenvalue weighted by atomic mass is 79.9. The predicted octanol–water partition coefficient (Wildman–Crippen LogP) is 5.49. The summed E-state index contributed by atoms with van der Waals surface area (Å²) in [5, 5.41) is 11.8. The quantitative estimate of drug-likeness (QED) is 0.350. The number of ether oxygens (including phenoxy) is 1. The number of benzene rings is 2. The van der Waals surface area contributed by atoms with Gasteiger partial charge in [0, 0.05) is 46.4 Å². The van der Waals surface area contributed by atoms with Gasteiger partial charge in [-0.15, -0.1) is 11.8 Å². The van der Waals surface area contributed by atoms with Crippen molar-refractivity contribution in [2.75, 3.05) is 20.7 Å². The maximum Gasteiger partial charge on any atom is 0.338 e. The van der Waals surface area contributed by atoms with Crippen molar-refractivity contribution in [2.24, 2.45) is 7.05 Å². The third-order valence-corrected chi connectivity index (χ3v) is 6.75. The number of carbonyl (C=O) groups excluding carboxylic acids is 1. The molecule has 2 aromatic carbocycles. The maximum absolute atomic E-state index is 11.8. The molecule has 0 atom stereocenters. The fourth-order valence-corrected chi connectivity index (χ4v) is 5.13. The molecule has 0 saturated carbocycles. The van der Waals surface area contributed by atoms with Crippen LogP contribution in [0.15, 0.2) is 39.7 Å². The lowest BCUT2D eigenvalue weighted by molar-refractivity contribution is 0.0526. The van der Waals surface area contributed by atoms with Gasteiger partial charge in [-0.3, -0.25) is 0 Å². The summed E-state index contributed by atoms with van der Waals surface area (Å²) in [6.45, 7) is 4.96. The van der Waals surface area contributed by atoms with Crippen LogP contribution in [0.4, 0.5) is 0 Å². The van der Waals surface area contributed by atoms with Crippen LogP contribution >= 0.6 is 27.7 Å². The number of aromatic nitrogens is 1. The number of aryl methyl sites for hydroxylation is 2. The van der Waals surface area contributed by atoms with E-state index in [2.05, 4.69) is 39.4 Å². The minimum atomic E-state index is -0.294. The molecule has 0 fully saturated rings. The standard InChI is InChI=1S/C23H27BrN2O3S/c1-6-29-23(28)15-7-9-16(10-8-15)30-13-20-14(2)21-17(12-25(3)4)22(27)18(24)11-19(21)26(20)5/h7-11,27H,6,12-13H2,1-5H3. The Morgan fingerprint density at radius 2 is 1.93 bits per heavy atom. The van der Waals surface area contributed by atoms with Gasteiger partial charge in [-0.25, -0.2) is 4.79 Å². The van der Waals surface area contributed by atoms with Crippen molar-refractivity contribution in [1.29, 1.82) is 0 Å². The van der Waals surface area contributed by atoms with Crippen LogP contribution in [0, 0.1) is 6.92 Å². The highest BCUT2D eigenvalue weighted by Crippen LogP contribution is 2.40. The van der Waals surface area contributed by atoms with Gasteiger partial charge in [0.05, 0.1) is 16.6 Å². The highest BCUT2D eigenvalue weighted by molar-refractivity contribution is 9.10. The van der Waals surface area contributed by atoms with Crippen molar-refractivity contribution in [3.8, 4) is 5.75 Å². The second-order valence-corrected chi connectivity index (χ2v) is 9.38. The number of nitrogens with zero attached hydrogens (tertiary/aromatic N) is 2. The number of phenolic OH excluding ortho intramolecular Hbond substituents is 1. The minimum absolute atomic E-state index is 0.294. The van der Waals surface area contributed by atoms with E-state index in [0.29, 0.717) is 28.9 Å². The summed E-state index contributed by atoms with van der Waals surface area (Å²) >= 11 is 5.23. The number of hydrogen-bond acceptors (Lipinski definition) is 5. The van der Waals surface area contributed by atoms with E-state index in [1.807, 2.05) is 32.3 Å². The number of halogens is 1. The third-order valence-electron chi connectivity index (χ3n) is 5.12. The molecule has 0 aliphatic heterocycles. The van der Waals surface area contributed by atoms with Gasteiger partial charge in [0.25, 0.3) is 0 Å². The molecule has 0 amide bonds. The Morgan fingerprint density at radius 3 is 2.53 bits per heavy atom. The van der Waals surface area contributed by atoms with Crippen molar-refractivity contribution >= 4 is 44.6 Å². The van der Waals surface area contributed by atoms with Gasteiger partial charge in [-0.1, -0.05) is 0 Å². The van der Waals surface area contributed by atoms with E-state index >= 15 is 0 Å². The molecule has 30 heavy (non-hydrogen) atoms. The summed E-state index contributed by atoms with van der Waals surface area (Å²) in [6.07, 6.45) is 0. The summed E-state index contributed by atoms with van der Waals surface area (Å²) in [7, 11) is 6.07. The lowest BCUT2D eigenvalue weighted by atomic mass is 10.0. The molecule has 0 bridgehead atoms. The second-order valence-electron chi connectivity index (χ2n) is 7.48. The maximum atomic E-state index is 11.8. The zero-order chi connectivity index (χ0) is 22.0. The molecule has 0 saturated heterocycles. The highest BCUT2D eigenvalue weighted by Gasteiger charge is 2.20. The molecule has 0 unspecified atom stereocenters. The van der Waals surface area contributed by atoms with Crippen LogP contribution in [0.3, 0.4) is 0 Å². The average molecular weight is 491 g/mol. The van der Waals surface area contributed by atoms with Crippen LogP contribution in [0.1, 0.15) is 34.1 Å². The van der Waals surface area contributed by atoms with E-state index in [9.17, 15) is 9.90 Å². The van der Waals surface area contributed by atoms with E-state index in [1.165, 1.54) is 11.3 Å². The smallest absolute Gasteiger partial charge is 0.338 e. The number of phenols is 1. The fourth-order valence-electron chi connectivity index (χ4n) is 3.63. The van der Waals surface area contributed by atoms with Crippen molar-refractivity contribution in [1.82, 2.24) is 9.47 Å². The molecule has 160 valence electrons. The molecule has 1 N–H and O–H groups in total. The number of aromatic hydroxyl groups is 1. The number of esters is 1. The molecule has 0 spiro atoms. The second kappa shape index (κ2) is 9.45. The van der Waals surface area contributed by atoms with E-state index < -0.39 is 0 Å². The summed E-state index contributed by atoms with van der Waals surface area (Å²) in [6, 6.07) is 9.50. The summed E-state index contributed by atoms with van der Waals surface area (Å²) < 4.78 is 7.96. The van der Waals surface area contributed by atoms with Crippen LogP contribution in [0.25, 0.3) is 10.9 Å². The summed E-state index contributed by atoms with van der Waals surface area (Å²) in [4.78, 5) is 15.0. The normalized spacial score (nSPS) is 11.4. The molecule has 7 heteroatoms. The van der Waals surface area contributed by atoms with Crippen LogP contribution in [0.2, 0.25) is 0 Å². The summed E-state index contributed by atoms with van der Waals surface area (Å²) in [5.74, 6) is 0.797. The molecule has 0 aliphatic carbocycles. The number of fused-ring (bicyclic) bond motifs is 1. The lowest BCUT2D eigenvalue weighted by Crippen LogP contribution is -2.11. The molecular formula is C23H27BrN2O3S. The van der Waals surface area contributed by atoms with Gasteiger partial charge < -0.3 is 19.3 Å². The molecule has 0 aliphatic rings. The van der Waals surface area contributed by atoms with Crippen molar-refractivity contribution in [3.63, 3.8) is 0 Å². The minimum Gasteiger partial charge on any atom is -0.506 e. The Labute approximate surface area is 190 Å². The predicted molar refractivity (Wildman–Crippen MR) is 126 cm³/mol. The topological polar surface area (TPSA) is 54.7 Å². The third kappa shape index (κ3) is 4.53. The molecule has 0 radical (unpaired) electrons. The average Bonchev–Trinajstić information content (AvgIpc) is 2.93. The van der Waals surface area contributed by atoms with E-state index in [1.54, 1.807) is 30.8 Å². The van der Waals surface area contributed by atoms with E-state index in [0.717, 1.165) is 27.1 Å². The zero-order valence-electron chi connectivity index (χ0n) is 18.0. The first-order valence-electron chi connectivity index (χ1n) is 9.77. The van der Waals surface area contributed by atoms with Crippen molar-refractivity contribution in [2.45, 2.75) is 31.0 Å². The Kier molecular flexibility index (Phi) is 7.16. The van der Waals surface area contributed by atoms with Crippen LogP contribution < -0.4 is 0 Å². The van der Waals surface area contributed by atoms with Gasteiger partial charge >= 0.3 is 5.97 Å². The van der Waals surface area contributed by atoms with Crippen LogP contribution in [-0.2, 0) is 24.1 Å².